The average Bonchev–Trinajstić information content (AvgIpc) is 3.01. The molecule has 0 saturated heterocycles. The van der Waals surface area contributed by atoms with Gasteiger partial charge in [-0.05, 0) is 17.7 Å². The van der Waals surface area contributed by atoms with Crippen LogP contribution in [0.25, 0.3) is 10.9 Å². The quantitative estimate of drug-likeness (QED) is 0.719. The second kappa shape index (κ2) is 6.60. The summed E-state index contributed by atoms with van der Waals surface area (Å²) in [6.45, 7) is 0.247. The maximum absolute atomic E-state index is 11.9. The number of anilines is 1. The summed E-state index contributed by atoms with van der Waals surface area (Å²) in [6, 6.07) is 6.94. The second-order valence-corrected chi connectivity index (χ2v) is 5.26. The summed E-state index contributed by atoms with van der Waals surface area (Å²) in [6.07, 6.45) is 3.02. The third kappa shape index (κ3) is 2.89. The lowest BCUT2D eigenvalue weighted by molar-refractivity contribution is 0.0584. The van der Waals surface area contributed by atoms with E-state index in [0.717, 1.165) is 5.56 Å². The zero-order valence-corrected chi connectivity index (χ0v) is 13.7. The molecule has 0 radical (unpaired) electrons. The van der Waals surface area contributed by atoms with Crippen LogP contribution >= 0.6 is 0 Å². The van der Waals surface area contributed by atoms with Crippen LogP contribution in [0.4, 0.5) is 5.69 Å². The molecule has 0 bridgehead atoms. The van der Waals surface area contributed by atoms with Crippen LogP contribution in [0.5, 0.6) is 0 Å². The SMILES string of the molecule is COC(=O)c1ccc(Cn2ncc(N)c2C(=O)OC)c2ncccc12. The molecule has 2 N–H and O–H groups in total. The molecule has 0 atom stereocenters. The molecule has 8 heteroatoms. The zero-order valence-electron chi connectivity index (χ0n) is 13.7. The van der Waals surface area contributed by atoms with E-state index in [0.29, 0.717) is 16.5 Å². The number of nitrogen functional groups attached to an aromatic ring is 1. The molecule has 3 aromatic rings. The molecule has 0 saturated carbocycles. The van der Waals surface area contributed by atoms with E-state index in [-0.39, 0.29) is 17.9 Å². The fraction of sp³-hybridized carbons (Fsp3) is 0.176. The number of hydrogen-bond acceptors (Lipinski definition) is 7. The van der Waals surface area contributed by atoms with Crippen molar-refractivity contribution in [2.75, 3.05) is 20.0 Å². The Morgan fingerprint density at radius 2 is 1.92 bits per heavy atom. The standard InChI is InChI=1S/C17H16N4O4/c1-24-16(22)12-6-5-10(14-11(12)4-3-7-19-14)9-21-15(17(23)25-2)13(18)8-20-21/h3-8H,9,18H2,1-2H3. The largest absolute Gasteiger partial charge is 0.465 e. The molecule has 0 aliphatic carbocycles. The van der Waals surface area contributed by atoms with Crippen molar-refractivity contribution in [2.45, 2.75) is 6.54 Å². The number of esters is 2. The van der Waals surface area contributed by atoms with E-state index in [1.54, 1.807) is 30.5 Å². The van der Waals surface area contributed by atoms with E-state index in [9.17, 15) is 9.59 Å². The maximum atomic E-state index is 11.9. The van der Waals surface area contributed by atoms with Crippen LogP contribution in [0, 0.1) is 0 Å². The molecule has 0 aliphatic rings. The Balaban J connectivity index is 2.10. The fourth-order valence-electron chi connectivity index (χ4n) is 2.65. The van der Waals surface area contributed by atoms with Crippen molar-refractivity contribution in [3.05, 3.63) is 53.5 Å². The summed E-state index contributed by atoms with van der Waals surface area (Å²) in [4.78, 5) is 28.2. The van der Waals surface area contributed by atoms with E-state index < -0.39 is 11.9 Å². The number of fused-ring (bicyclic) bond motifs is 1. The first-order valence-corrected chi connectivity index (χ1v) is 7.41. The first kappa shape index (κ1) is 16.4. The Morgan fingerprint density at radius 1 is 1.16 bits per heavy atom. The Bertz CT molecular complexity index is 964. The second-order valence-electron chi connectivity index (χ2n) is 5.26. The number of ether oxygens (including phenoxy) is 2. The monoisotopic (exact) mass is 340 g/mol. The number of pyridine rings is 1. The number of aromatic nitrogens is 3. The molecule has 8 nitrogen and oxygen atoms in total. The molecule has 1 aromatic carbocycles. The Hall–Kier alpha value is -3.42. The van der Waals surface area contributed by atoms with E-state index >= 15 is 0 Å². The minimum absolute atomic E-state index is 0.170. The molecule has 0 amide bonds. The number of carbonyl (C=O) groups is 2. The van der Waals surface area contributed by atoms with Gasteiger partial charge in [0.15, 0.2) is 5.69 Å². The van der Waals surface area contributed by atoms with Gasteiger partial charge in [0.05, 0.1) is 43.7 Å². The first-order valence-electron chi connectivity index (χ1n) is 7.41. The van der Waals surface area contributed by atoms with Crippen molar-refractivity contribution >= 4 is 28.5 Å². The molecule has 0 spiro atoms. The van der Waals surface area contributed by atoms with E-state index in [4.69, 9.17) is 15.2 Å². The normalized spacial score (nSPS) is 10.6. The van der Waals surface area contributed by atoms with Crippen molar-refractivity contribution in [1.82, 2.24) is 14.8 Å². The number of hydrogen-bond donors (Lipinski definition) is 1. The van der Waals surface area contributed by atoms with Gasteiger partial charge in [0.1, 0.15) is 0 Å². The summed E-state index contributed by atoms with van der Waals surface area (Å²) >= 11 is 0. The van der Waals surface area contributed by atoms with E-state index in [2.05, 4.69) is 10.1 Å². The van der Waals surface area contributed by atoms with Crippen LogP contribution in [0.1, 0.15) is 26.4 Å². The molecular formula is C17H16N4O4. The highest BCUT2D eigenvalue weighted by molar-refractivity contribution is 6.04. The van der Waals surface area contributed by atoms with E-state index in [1.165, 1.54) is 25.1 Å². The van der Waals surface area contributed by atoms with Gasteiger partial charge in [-0.25, -0.2) is 9.59 Å². The Kier molecular flexibility index (Phi) is 4.34. The zero-order chi connectivity index (χ0) is 18.0. The minimum Gasteiger partial charge on any atom is -0.465 e. The van der Waals surface area contributed by atoms with Crippen molar-refractivity contribution in [2.24, 2.45) is 0 Å². The third-order valence-corrected chi connectivity index (χ3v) is 3.83. The lowest BCUT2D eigenvalue weighted by Crippen LogP contribution is -2.15. The lowest BCUT2D eigenvalue weighted by Gasteiger charge is -2.11. The van der Waals surface area contributed by atoms with Gasteiger partial charge in [-0.2, -0.15) is 5.10 Å². The Morgan fingerprint density at radius 3 is 2.64 bits per heavy atom. The highest BCUT2D eigenvalue weighted by atomic mass is 16.5. The maximum Gasteiger partial charge on any atom is 0.358 e. The summed E-state index contributed by atoms with van der Waals surface area (Å²) in [5.41, 5.74) is 8.02. The molecular weight excluding hydrogens is 324 g/mol. The summed E-state index contributed by atoms with van der Waals surface area (Å²) < 4.78 is 11.0. The molecule has 2 aromatic heterocycles. The molecule has 25 heavy (non-hydrogen) atoms. The molecule has 0 fully saturated rings. The fourth-order valence-corrected chi connectivity index (χ4v) is 2.65. The molecule has 3 rings (SSSR count). The number of methoxy groups -OCH3 is 2. The van der Waals surface area contributed by atoms with Gasteiger partial charge in [-0.1, -0.05) is 12.1 Å². The summed E-state index contributed by atoms with van der Waals surface area (Å²) in [5.74, 6) is -1.01. The van der Waals surface area contributed by atoms with Crippen LogP contribution in [0.15, 0.2) is 36.7 Å². The van der Waals surface area contributed by atoms with Crippen molar-refractivity contribution in [3.8, 4) is 0 Å². The van der Waals surface area contributed by atoms with Crippen LogP contribution < -0.4 is 5.73 Å². The smallest absolute Gasteiger partial charge is 0.358 e. The van der Waals surface area contributed by atoms with Crippen LogP contribution in [-0.4, -0.2) is 40.9 Å². The molecule has 0 aliphatic heterocycles. The van der Waals surface area contributed by atoms with Crippen LogP contribution in [-0.2, 0) is 16.0 Å². The summed E-state index contributed by atoms with van der Waals surface area (Å²) in [5, 5.41) is 4.79. The van der Waals surface area contributed by atoms with Gasteiger partial charge < -0.3 is 15.2 Å². The predicted molar refractivity (Wildman–Crippen MR) is 90.2 cm³/mol. The van der Waals surface area contributed by atoms with Crippen molar-refractivity contribution < 1.29 is 19.1 Å². The number of benzene rings is 1. The Labute approximate surface area is 143 Å². The van der Waals surface area contributed by atoms with Gasteiger partial charge in [0.2, 0.25) is 0 Å². The summed E-state index contributed by atoms with van der Waals surface area (Å²) in [7, 11) is 2.61. The third-order valence-electron chi connectivity index (χ3n) is 3.83. The van der Waals surface area contributed by atoms with Gasteiger partial charge in [-0.3, -0.25) is 9.67 Å². The van der Waals surface area contributed by atoms with Gasteiger partial charge in [-0.15, -0.1) is 0 Å². The molecule has 0 unspecified atom stereocenters. The molecule has 128 valence electrons. The highest BCUT2D eigenvalue weighted by Crippen LogP contribution is 2.23. The number of nitrogens with two attached hydrogens (primary N) is 1. The average molecular weight is 340 g/mol. The van der Waals surface area contributed by atoms with Gasteiger partial charge >= 0.3 is 11.9 Å². The first-order chi connectivity index (χ1) is 12.1. The minimum atomic E-state index is -0.571. The number of carbonyl (C=O) groups excluding carboxylic acids is 2. The van der Waals surface area contributed by atoms with Crippen LogP contribution in [0.3, 0.4) is 0 Å². The van der Waals surface area contributed by atoms with Crippen molar-refractivity contribution in [1.29, 1.82) is 0 Å². The van der Waals surface area contributed by atoms with Gasteiger partial charge in [0, 0.05) is 11.6 Å². The predicted octanol–water partition coefficient (Wildman–Crippen LogP) is 1.64. The molecule has 2 heterocycles. The van der Waals surface area contributed by atoms with Crippen molar-refractivity contribution in [3.63, 3.8) is 0 Å². The topological polar surface area (TPSA) is 109 Å². The van der Waals surface area contributed by atoms with Crippen LogP contribution in [0.2, 0.25) is 0 Å². The lowest BCUT2D eigenvalue weighted by atomic mass is 10.0. The van der Waals surface area contributed by atoms with Gasteiger partial charge in [0.25, 0.3) is 0 Å². The number of nitrogens with zero attached hydrogens (tertiary/aromatic N) is 3. The van der Waals surface area contributed by atoms with E-state index in [1.807, 2.05) is 0 Å². The highest BCUT2D eigenvalue weighted by Gasteiger charge is 2.19. The number of rotatable bonds is 4.